The summed E-state index contributed by atoms with van der Waals surface area (Å²) in [6.45, 7) is 4.21. The number of carbonyl (C=O) groups excluding carboxylic acids is 1. The maximum Gasteiger partial charge on any atom is 0.303 e. The third-order valence-electron chi connectivity index (χ3n) is 3.30. The van der Waals surface area contributed by atoms with Crippen LogP contribution in [0.2, 0.25) is 5.02 Å². The second kappa shape index (κ2) is 7.41. The van der Waals surface area contributed by atoms with Gasteiger partial charge in [0.25, 0.3) is 5.91 Å². The number of hydrogen-bond acceptors (Lipinski definition) is 2. The first-order valence-corrected chi connectivity index (χ1v) is 7.05. The van der Waals surface area contributed by atoms with E-state index in [1.165, 1.54) is 18.2 Å². The number of carboxylic acids is 1. The van der Waals surface area contributed by atoms with Gasteiger partial charge in [-0.3, -0.25) is 9.59 Å². The smallest absolute Gasteiger partial charge is 0.303 e. The first-order valence-electron chi connectivity index (χ1n) is 6.67. The maximum atomic E-state index is 13.7. The number of hydrogen-bond donors (Lipinski definition) is 2. The summed E-state index contributed by atoms with van der Waals surface area (Å²) >= 11 is 5.62. The van der Waals surface area contributed by atoms with Gasteiger partial charge in [-0.1, -0.05) is 31.5 Å². The van der Waals surface area contributed by atoms with Crippen LogP contribution in [0, 0.1) is 11.2 Å². The van der Waals surface area contributed by atoms with Crippen LogP contribution in [0.4, 0.5) is 4.39 Å². The van der Waals surface area contributed by atoms with Crippen molar-refractivity contribution in [3.63, 3.8) is 0 Å². The number of carboxylic acid groups (broad SMARTS) is 1. The fourth-order valence-corrected chi connectivity index (χ4v) is 2.03. The Morgan fingerprint density at radius 3 is 2.62 bits per heavy atom. The lowest BCUT2D eigenvalue weighted by atomic mass is 9.84. The van der Waals surface area contributed by atoms with Crippen LogP contribution in [0.1, 0.15) is 43.5 Å². The third-order valence-corrected chi connectivity index (χ3v) is 3.59. The Kier molecular flexibility index (Phi) is 6.15. The summed E-state index contributed by atoms with van der Waals surface area (Å²) in [4.78, 5) is 22.4. The first-order chi connectivity index (χ1) is 9.73. The average Bonchev–Trinajstić information content (AvgIpc) is 2.39. The number of amides is 1. The molecule has 0 saturated heterocycles. The minimum absolute atomic E-state index is 0.0872. The first kappa shape index (κ1) is 17.4. The molecule has 1 rings (SSSR count). The molecule has 0 unspecified atom stereocenters. The zero-order chi connectivity index (χ0) is 16.0. The molecule has 21 heavy (non-hydrogen) atoms. The number of aliphatic carboxylic acids is 1. The van der Waals surface area contributed by atoms with Crippen LogP contribution >= 0.6 is 11.6 Å². The van der Waals surface area contributed by atoms with Gasteiger partial charge in [-0.2, -0.15) is 0 Å². The Morgan fingerprint density at radius 2 is 2.00 bits per heavy atom. The summed E-state index contributed by atoms with van der Waals surface area (Å²) in [5.41, 5.74) is -0.302. The number of nitrogens with one attached hydrogen (secondary N) is 1. The van der Waals surface area contributed by atoms with Gasteiger partial charge >= 0.3 is 5.97 Å². The van der Waals surface area contributed by atoms with Crippen molar-refractivity contribution in [1.29, 1.82) is 0 Å². The molecular weight excluding hydrogens is 297 g/mol. The van der Waals surface area contributed by atoms with Crippen LogP contribution in [0.5, 0.6) is 0 Å². The lowest BCUT2D eigenvalue weighted by Gasteiger charge is -2.23. The Hall–Kier alpha value is -1.62. The van der Waals surface area contributed by atoms with Crippen LogP contribution < -0.4 is 5.32 Å². The zero-order valence-electron chi connectivity index (χ0n) is 12.1. The molecule has 0 aliphatic rings. The molecule has 0 bridgehead atoms. The van der Waals surface area contributed by atoms with Gasteiger partial charge in [-0.25, -0.2) is 4.39 Å². The van der Waals surface area contributed by atoms with Crippen molar-refractivity contribution >= 4 is 23.5 Å². The van der Waals surface area contributed by atoms with Gasteiger partial charge in [0, 0.05) is 13.0 Å². The van der Waals surface area contributed by atoms with Crippen LogP contribution in [-0.2, 0) is 4.79 Å². The van der Waals surface area contributed by atoms with Gasteiger partial charge in [0.1, 0.15) is 0 Å². The van der Waals surface area contributed by atoms with E-state index in [0.29, 0.717) is 19.4 Å². The largest absolute Gasteiger partial charge is 0.481 e. The molecule has 0 aliphatic carbocycles. The number of rotatable bonds is 7. The fraction of sp³-hybridized carbons (Fsp3) is 0.467. The summed E-state index contributed by atoms with van der Waals surface area (Å²) in [5.74, 6) is -2.10. The molecule has 0 radical (unpaired) electrons. The molecule has 0 fully saturated rings. The van der Waals surface area contributed by atoms with Gasteiger partial charge in [0.15, 0.2) is 5.82 Å². The maximum absolute atomic E-state index is 13.7. The highest BCUT2D eigenvalue weighted by molar-refractivity contribution is 6.31. The third kappa shape index (κ3) is 5.71. The minimum Gasteiger partial charge on any atom is -0.481 e. The molecule has 0 atom stereocenters. The molecule has 0 aromatic heterocycles. The van der Waals surface area contributed by atoms with Crippen LogP contribution in [-0.4, -0.2) is 23.5 Å². The van der Waals surface area contributed by atoms with E-state index in [2.05, 4.69) is 5.32 Å². The van der Waals surface area contributed by atoms with E-state index < -0.39 is 17.7 Å². The van der Waals surface area contributed by atoms with E-state index in [0.717, 1.165) is 0 Å². The van der Waals surface area contributed by atoms with Crippen molar-refractivity contribution in [2.45, 2.75) is 33.1 Å². The van der Waals surface area contributed by atoms with Crippen molar-refractivity contribution in [2.24, 2.45) is 5.41 Å². The summed E-state index contributed by atoms with van der Waals surface area (Å²) in [6, 6.07) is 4.26. The quantitative estimate of drug-likeness (QED) is 0.809. The topological polar surface area (TPSA) is 66.4 Å². The average molecular weight is 316 g/mol. The predicted octanol–water partition coefficient (Wildman–Crippen LogP) is 3.49. The SMILES string of the molecule is CC(C)(CCNC(=O)c1cccc(Cl)c1F)CCC(=O)O. The molecule has 0 aliphatic heterocycles. The molecule has 2 N–H and O–H groups in total. The van der Waals surface area contributed by atoms with Crippen LogP contribution in [0.25, 0.3) is 0 Å². The van der Waals surface area contributed by atoms with Crippen molar-refractivity contribution in [1.82, 2.24) is 5.32 Å². The van der Waals surface area contributed by atoms with Gasteiger partial charge in [0.05, 0.1) is 10.6 Å². The molecule has 4 nitrogen and oxygen atoms in total. The van der Waals surface area contributed by atoms with E-state index in [1.54, 1.807) is 0 Å². The number of benzene rings is 1. The van der Waals surface area contributed by atoms with Gasteiger partial charge < -0.3 is 10.4 Å². The van der Waals surface area contributed by atoms with E-state index in [4.69, 9.17) is 16.7 Å². The summed E-state index contributed by atoms with van der Waals surface area (Å²) < 4.78 is 13.7. The van der Waals surface area contributed by atoms with E-state index in [1.807, 2.05) is 13.8 Å². The monoisotopic (exact) mass is 315 g/mol. The Morgan fingerprint density at radius 1 is 1.33 bits per heavy atom. The Bertz CT molecular complexity index is 532. The summed E-state index contributed by atoms with van der Waals surface area (Å²) in [7, 11) is 0. The van der Waals surface area contributed by atoms with Crippen molar-refractivity contribution in [3.05, 3.63) is 34.6 Å². The Labute approximate surface area is 128 Å². The second-order valence-corrected chi connectivity index (χ2v) is 6.07. The Balaban J connectivity index is 2.50. The van der Waals surface area contributed by atoms with Crippen molar-refractivity contribution in [3.8, 4) is 0 Å². The highest BCUT2D eigenvalue weighted by atomic mass is 35.5. The molecular formula is C15H19ClFNO3. The molecule has 6 heteroatoms. The van der Waals surface area contributed by atoms with Gasteiger partial charge in [0.2, 0.25) is 0 Å². The fourth-order valence-electron chi connectivity index (χ4n) is 1.86. The highest BCUT2D eigenvalue weighted by Gasteiger charge is 2.20. The van der Waals surface area contributed by atoms with Gasteiger partial charge in [-0.15, -0.1) is 0 Å². The molecule has 1 aromatic carbocycles. The van der Waals surface area contributed by atoms with Gasteiger partial charge in [-0.05, 0) is 30.4 Å². The van der Waals surface area contributed by atoms with E-state index >= 15 is 0 Å². The number of carbonyl (C=O) groups is 2. The van der Waals surface area contributed by atoms with Crippen molar-refractivity contribution < 1.29 is 19.1 Å². The molecule has 1 aromatic rings. The summed E-state index contributed by atoms with van der Waals surface area (Å²) in [5, 5.41) is 11.2. The normalized spacial score (nSPS) is 11.2. The molecule has 1 amide bonds. The second-order valence-electron chi connectivity index (χ2n) is 5.67. The molecule has 0 heterocycles. The van der Waals surface area contributed by atoms with Crippen LogP contribution in [0.15, 0.2) is 18.2 Å². The predicted molar refractivity (Wildman–Crippen MR) is 79.0 cm³/mol. The van der Waals surface area contributed by atoms with E-state index in [9.17, 15) is 14.0 Å². The van der Waals surface area contributed by atoms with Crippen molar-refractivity contribution in [2.75, 3.05) is 6.54 Å². The van der Waals surface area contributed by atoms with E-state index in [-0.39, 0.29) is 22.4 Å². The minimum atomic E-state index is -0.840. The molecule has 0 spiro atoms. The summed E-state index contributed by atoms with van der Waals surface area (Å²) in [6.07, 6.45) is 1.21. The lowest BCUT2D eigenvalue weighted by Crippen LogP contribution is -2.29. The van der Waals surface area contributed by atoms with Crippen LogP contribution in [0.3, 0.4) is 0 Å². The molecule has 116 valence electrons. The number of halogens is 2. The standard InChI is InChI=1S/C15H19ClFNO3/c1-15(2,7-6-12(19)20)8-9-18-14(21)10-4-3-5-11(16)13(10)17/h3-5H,6-9H2,1-2H3,(H,18,21)(H,19,20). The zero-order valence-corrected chi connectivity index (χ0v) is 12.8. The highest BCUT2D eigenvalue weighted by Crippen LogP contribution is 2.26. The molecule has 0 saturated carbocycles. The lowest BCUT2D eigenvalue weighted by molar-refractivity contribution is -0.137.